The van der Waals surface area contributed by atoms with Gasteiger partial charge in [-0.1, -0.05) is 11.8 Å². The lowest BCUT2D eigenvalue weighted by Gasteiger charge is -2.09. The molecule has 0 amide bonds. The minimum atomic E-state index is -4.38. The Morgan fingerprint density at radius 3 is 2.62 bits per heavy atom. The SMILES string of the molecule is COc1ccc(-c2nnc(COC(=O)c3cccnc3SCC(F)(F)F)o2)cc1. The molecule has 0 fully saturated rings. The average molecular weight is 425 g/mol. The molecule has 3 rings (SSSR count). The lowest BCUT2D eigenvalue weighted by Crippen LogP contribution is -2.13. The van der Waals surface area contributed by atoms with Crippen LogP contribution in [-0.2, 0) is 11.3 Å². The zero-order valence-electron chi connectivity index (χ0n) is 15.0. The number of halogens is 3. The molecule has 1 aromatic carbocycles. The van der Waals surface area contributed by atoms with Crippen LogP contribution in [0.5, 0.6) is 5.75 Å². The van der Waals surface area contributed by atoms with Crippen LogP contribution in [0.3, 0.4) is 0 Å². The number of hydrogen-bond donors (Lipinski definition) is 0. The van der Waals surface area contributed by atoms with Gasteiger partial charge in [-0.25, -0.2) is 9.78 Å². The third kappa shape index (κ3) is 5.70. The van der Waals surface area contributed by atoms with Gasteiger partial charge in [0.05, 0.1) is 18.4 Å². The normalized spacial score (nSPS) is 11.3. The maximum Gasteiger partial charge on any atom is 0.398 e. The molecule has 0 atom stereocenters. The van der Waals surface area contributed by atoms with Gasteiger partial charge in [0.2, 0.25) is 5.89 Å². The summed E-state index contributed by atoms with van der Waals surface area (Å²) in [6, 6.07) is 9.67. The molecule has 0 radical (unpaired) electrons. The van der Waals surface area contributed by atoms with Gasteiger partial charge in [0.1, 0.15) is 10.8 Å². The maximum absolute atomic E-state index is 12.4. The first kappa shape index (κ1) is 20.6. The van der Waals surface area contributed by atoms with Gasteiger partial charge in [-0.05, 0) is 36.4 Å². The third-order valence-corrected chi connectivity index (χ3v) is 4.56. The highest BCUT2D eigenvalue weighted by atomic mass is 32.2. The van der Waals surface area contributed by atoms with Crippen molar-refractivity contribution in [2.45, 2.75) is 17.8 Å². The molecule has 3 aromatic rings. The van der Waals surface area contributed by atoms with Gasteiger partial charge < -0.3 is 13.9 Å². The Morgan fingerprint density at radius 1 is 1.17 bits per heavy atom. The van der Waals surface area contributed by atoms with E-state index in [1.54, 1.807) is 31.4 Å². The molecule has 152 valence electrons. The van der Waals surface area contributed by atoms with Gasteiger partial charge in [-0.2, -0.15) is 13.2 Å². The number of pyridine rings is 1. The molecular formula is C18H14F3N3O4S. The highest BCUT2D eigenvalue weighted by Crippen LogP contribution is 2.28. The Balaban J connectivity index is 1.63. The maximum atomic E-state index is 12.4. The first-order chi connectivity index (χ1) is 13.9. The fourth-order valence-corrected chi connectivity index (χ4v) is 2.92. The lowest BCUT2D eigenvalue weighted by molar-refractivity contribution is -0.105. The molecule has 0 bridgehead atoms. The largest absolute Gasteiger partial charge is 0.497 e. The summed E-state index contributed by atoms with van der Waals surface area (Å²) in [6.07, 6.45) is -3.08. The molecule has 11 heteroatoms. The summed E-state index contributed by atoms with van der Waals surface area (Å²) in [6.45, 7) is -0.333. The third-order valence-electron chi connectivity index (χ3n) is 3.49. The van der Waals surface area contributed by atoms with Crippen LogP contribution in [0.4, 0.5) is 13.2 Å². The van der Waals surface area contributed by atoms with Gasteiger partial charge in [-0.3, -0.25) is 0 Å². The predicted molar refractivity (Wildman–Crippen MR) is 96.4 cm³/mol. The standard InChI is InChI=1S/C18H14F3N3O4S/c1-26-12-6-4-11(5-7-12)15-24-23-14(28-15)9-27-17(25)13-3-2-8-22-16(13)29-10-18(19,20)21/h2-8H,9-10H2,1H3. The molecule has 7 nitrogen and oxygen atoms in total. The fourth-order valence-electron chi connectivity index (χ4n) is 2.18. The topological polar surface area (TPSA) is 87.3 Å². The van der Waals surface area contributed by atoms with Crippen molar-refractivity contribution in [1.82, 2.24) is 15.2 Å². The number of aromatic nitrogens is 3. The number of rotatable bonds is 7. The van der Waals surface area contributed by atoms with Gasteiger partial charge in [0.25, 0.3) is 5.89 Å². The molecule has 0 spiro atoms. The number of benzene rings is 1. The van der Waals surface area contributed by atoms with Crippen LogP contribution >= 0.6 is 11.8 Å². The van der Waals surface area contributed by atoms with Crippen molar-refractivity contribution in [3.8, 4) is 17.2 Å². The number of hydrogen-bond acceptors (Lipinski definition) is 8. The average Bonchev–Trinajstić information content (AvgIpc) is 3.19. The van der Waals surface area contributed by atoms with E-state index in [2.05, 4.69) is 15.2 Å². The summed E-state index contributed by atoms with van der Waals surface area (Å²) in [5, 5.41) is 7.60. The summed E-state index contributed by atoms with van der Waals surface area (Å²) >= 11 is 0.410. The van der Waals surface area contributed by atoms with Crippen molar-refractivity contribution in [3.63, 3.8) is 0 Å². The Bertz CT molecular complexity index is 977. The highest BCUT2D eigenvalue weighted by molar-refractivity contribution is 7.99. The van der Waals surface area contributed by atoms with Gasteiger partial charge in [0, 0.05) is 11.8 Å². The molecule has 0 aliphatic heterocycles. The van der Waals surface area contributed by atoms with E-state index in [9.17, 15) is 18.0 Å². The van der Waals surface area contributed by atoms with Crippen LogP contribution in [0.15, 0.2) is 52.0 Å². The van der Waals surface area contributed by atoms with E-state index in [1.165, 1.54) is 18.3 Å². The molecule has 0 N–H and O–H groups in total. The molecule has 2 heterocycles. The first-order valence-corrected chi connectivity index (χ1v) is 9.13. The van der Waals surface area contributed by atoms with Crippen LogP contribution in [0.2, 0.25) is 0 Å². The monoisotopic (exact) mass is 425 g/mol. The first-order valence-electron chi connectivity index (χ1n) is 8.14. The van der Waals surface area contributed by atoms with E-state index in [1.807, 2.05) is 0 Å². The van der Waals surface area contributed by atoms with E-state index < -0.39 is 17.9 Å². The number of alkyl halides is 3. The Hall–Kier alpha value is -3.08. The molecule has 29 heavy (non-hydrogen) atoms. The summed E-state index contributed by atoms with van der Waals surface area (Å²) in [4.78, 5) is 16.1. The van der Waals surface area contributed by atoms with Crippen molar-refractivity contribution in [3.05, 3.63) is 54.0 Å². The quantitative estimate of drug-likeness (QED) is 0.412. The Kier molecular flexibility index (Phi) is 6.37. The smallest absolute Gasteiger partial charge is 0.398 e. The van der Waals surface area contributed by atoms with Crippen molar-refractivity contribution >= 4 is 17.7 Å². The van der Waals surface area contributed by atoms with Crippen LogP contribution in [0, 0.1) is 0 Å². The summed E-state index contributed by atoms with van der Waals surface area (Å²) < 4.78 is 52.9. The van der Waals surface area contributed by atoms with Crippen LogP contribution < -0.4 is 4.74 Å². The number of carbonyl (C=O) groups is 1. The van der Waals surface area contributed by atoms with Gasteiger partial charge in [-0.15, -0.1) is 10.2 Å². The van der Waals surface area contributed by atoms with Crippen LogP contribution in [-0.4, -0.2) is 40.2 Å². The molecular weight excluding hydrogens is 411 g/mol. The number of methoxy groups -OCH3 is 1. The minimum Gasteiger partial charge on any atom is -0.497 e. The van der Waals surface area contributed by atoms with Crippen molar-refractivity contribution < 1.29 is 31.9 Å². The Morgan fingerprint density at radius 2 is 1.93 bits per heavy atom. The highest BCUT2D eigenvalue weighted by Gasteiger charge is 2.29. The van der Waals surface area contributed by atoms with E-state index >= 15 is 0 Å². The summed E-state index contributed by atoms with van der Waals surface area (Å²) in [5.74, 6) is -1.08. The minimum absolute atomic E-state index is 0.0394. The molecule has 0 saturated heterocycles. The number of carbonyl (C=O) groups excluding carboxylic acids is 1. The van der Waals surface area contributed by atoms with E-state index in [0.29, 0.717) is 23.1 Å². The molecule has 0 aliphatic carbocycles. The number of ether oxygens (including phenoxy) is 2. The van der Waals surface area contributed by atoms with Gasteiger partial charge in [0.15, 0.2) is 6.61 Å². The molecule has 2 aromatic heterocycles. The number of thioether (sulfide) groups is 1. The Labute approximate surface area is 167 Å². The van der Waals surface area contributed by atoms with Crippen molar-refractivity contribution in [2.24, 2.45) is 0 Å². The van der Waals surface area contributed by atoms with E-state index in [4.69, 9.17) is 13.9 Å². The molecule has 0 saturated carbocycles. The lowest BCUT2D eigenvalue weighted by atomic mass is 10.2. The fraction of sp³-hybridized carbons (Fsp3) is 0.222. The van der Waals surface area contributed by atoms with Crippen molar-refractivity contribution in [1.29, 1.82) is 0 Å². The second-order valence-corrected chi connectivity index (χ2v) is 6.53. The predicted octanol–water partition coefficient (Wildman–Crippen LogP) is 4.15. The summed E-state index contributed by atoms with van der Waals surface area (Å²) in [7, 11) is 1.55. The molecule has 0 unspecified atom stereocenters. The van der Waals surface area contributed by atoms with E-state index in [0.717, 1.165) is 0 Å². The second-order valence-electron chi connectivity index (χ2n) is 5.57. The summed E-state index contributed by atoms with van der Waals surface area (Å²) in [5.41, 5.74) is 0.575. The molecule has 0 aliphatic rings. The number of nitrogens with zero attached hydrogens (tertiary/aromatic N) is 3. The van der Waals surface area contributed by atoms with Crippen LogP contribution in [0.25, 0.3) is 11.5 Å². The second kappa shape index (κ2) is 8.95. The van der Waals surface area contributed by atoms with Gasteiger partial charge >= 0.3 is 12.1 Å². The zero-order valence-corrected chi connectivity index (χ0v) is 15.8. The van der Waals surface area contributed by atoms with E-state index in [-0.39, 0.29) is 29.0 Å². The zero-order chi connectivity index (χ0) is 20.9. The van der Waals surface area contributed by atoms with Crippen molar-refractivity contribution in [2.75, 3.05) is 12.9 Å². The number of esters is 1. The van der Waals surface area contributed by atoms with Crippen LogP contribution in [0.1, 0.15) is 16.2 Å².